The summed E-state index contributed by atoms with van der Waals surface area (Å²) >= 11 is 0. The molecule has 0 radical (unpaired) electrons. The van der Waals surface area contributed by atoms with Crippen LogP contribution in [0.1, 0.15) is 46.9 Å². The lowest BCUT2D eigenvalue weighted by molar-refractivity contribution is 0.0696. The second kappa shape index (κ2) is 8.19. The van der Waals surface area contributed by atoms with Gasteiger partial charge in [-0.05, 0) is 72.4 Å². The SMILES string of the molecule is Cc1ccc(S(=O)Nc2ccc(C3Nc4ccc(C(=O)O)cc4CC3(C)C)cc2)cc1. The Bertz CT molecular complexity index is 1140. The van der Waals surface area contributed by atoms with Crippen LogP contribution in [0.4, 0.5) is 11.4 Å². The summed E-state index contributed by atoms with van der Waals surface area (Å²) < 4.78 is 15.6. The van der Waals surface area contributed by atoms with E-state index in [1.165, 1.54) is 0 Å². The van der Waals surface area contributed by atoms with Gasteiger partial charge in [0.15, 0.2) is 0 Å². The van der Waals surface area contributed by atoms with E-state index in [9.17, 15) is 14.1 Å². The van der Waals surface area contributed by atoms with Gasteiger partial charge in [-0.2, -0.15) is 0 Å². The highest BCUT2D eigenvalue weighted by molar-refractivity contribution is 7.86. The van der Waals surface area contributed by atoms with Gasteiger partial charge in [-0.3, -0.25) is 0 Å². The fourth-order valence-electron chi connectivity index (χ4n) is 4.06. The van der Waals surface area contributed by atoms with E-state index in [1.807, 2.05) is 61.5 Å². The molecule has 3 N–H and O–H groups in total. The molecule has 3 aromatic carbocycles. The Morgan fingerprint density at radius 3 is 2.39 bits per heavy atom. The van der Waals surface area contributed by atoms with Crippen molar-refractivity contribution < 1.29 is 14.1 Å². The number of carbonyl (C=O) groups is 1. The summed E-state index contributed by atoms with van der Waals surface area (Å²) in [4.78, 5) is 12.0. The van der Waals surface area contributed by atoms with E-state index in [0.717, 1.165) is 39.4 Å². The zero-order valence-corrected chi connectivity index (χ0v) is 18.6. The standard InChI is InChI=1S/C25H26N2O3S/c1-16-4-11-21(12-5-16)31(30)27-20-9-6-17(7-10-20)23-25(2,3)15-19-14-18(24(28)29)8-13-22(19)26-23/h4-14,23,26-27H,15H2,1-3H3,(H,28,29). The minimum absolute atomic E-state index is 0.0762. The average molecular weight is 435 g/mol. The molecule has 2 atom stereocenters. The number of rotatable bonds is 5. The molecule has 1 aliphatic heterocycles. The van der Waals surface area contributed by atoms with Gasteiger partial charge in [-0.1, -0.05) is 43.7 Å². The molecule has 160 valence electrons. The smallest absolute Gasteiger partial charge is 0.335 e. The molecule has 0 saturated carbocycles. The summed E-state index contributed by atoms with van der Waals surface area (Å²) in [5.74, 6) is -0.908. The minimum Gasteiger partial charge on any atom is -0.478 e. The van der Waals surface area contributed by atoms with E-state index >= 15 is 0 Å². The molecular weight excluding hydrogens is 408 g/mol. The summed E-state index contributed by atoms with van der Waals surface area (Å²) in [6.45, 7) is 6.36. The second-order valence-corrected chi connectivity index (χ2v) is 9.94. The zero-order chi connectivity index (χ0) is 22.2. The summed E-state index contributed by atoms with van der Waals surface area (Å²) in [7, 11) is -1.32. The van der Waals surface area contributed by atoms with Crippen LogP contribution in [0.2, 0.25) is 0 Å². The van der Waals surface area contributed by atoms with Crippen LogP contribution in [-0.4, -0.2) is 15.3 Å². The van der Waals surface area contributed by atoms with E-state index in [-0.39, 0.29) is 11.5 Å². The Balaban J connectivity index is 1.52. The maximum atomic E-state index is 12.6. The van der Waals surface area contributed by atoms with Crippen LogP contribution in [-0.2, 0) is 17.4 Å². The molecule has 0 saturated heterocycles. The van der Waals surface area contributed by atoms with Crippen molar-refractivity contribution in [2.75, 3.05) is 10.0 Å². The maximum Gasteiger partial charge on any atom is 0.335 e. The first kappa shape index (κ1) is 21.1. The Labute approximate surface area is 185 Å². The summed E-state index contributed by atoms with van der Waals surface area (Å²) in [5.41, 5.74) is 5.25. The second-order valence-electron chi connectivity index (χ2n) is 8.73. The number of aromatic carboxylic acids is 1. The first-order valence-electron chi connectivity index (χ1n) is 10.2. The van der Waals surface area contributed by atoms with Crippen LogP contribution in [0.5, 0.6) is 0 Å². The maximum absolute atomic E-state index is 12.6. The van der Waals surface area contributed by atoms with E-state index in [0.29, 0.717) is 5.56 Å². The van der Waals surface area contributed by atoms with Gasteiger partial charge < -0.3 is 15.1 Å². The molecule has 0 fully saturated rings. The number of hydrogen-bond donors (Lipinski definition) is 3. The van der Waals surface area contributed by atoms with Gasteiger partial charge in [0.2, 0.25) is 0 Å². The number of carboxylic acid groups (broad SMARTS) is 1. The lowest BCUT2D eigenvalue weighted by Crippen LogP contribution is -2.35. The molecular formula is C25H26N2O3S. The summed E-state index contributed by atoms with van der Waals surface area (Å²) in [6.07, 6.45) is 0.776. The zero-order valence-electron chi connectivity index (χ0n) is 17.8. The largest absolute Gasteiger partial charge is 0.478 e. The monoisotopic (exact) mass is 434 g/mol. The average Bonchev–Trinajstić information content (AvgIpc) is 2.73. The highest BCUT2D eigenvalue weighted by Gasteiger charge is 2.36. The van der Waals surface area contributed by atoms with E-state index in [1.54, 1.807) is 12.1 Å². The van der Waals surface area contributed by atoms with Gasteiger partial charge in [0.05, 0.1) is 16.5 Å². The molecule has 0 spiro atoms. The lowest BCUT2D eigenvalue weighted by atomic mass is 9.73. The Morgan fingerprint density at radius 2 is 1.74 bits per heavy atom. The normalized spacial score (nSPS) is 17.8. The van der Waals surface area contributed by atoms with Gasteiger partial charge in [-0.25, -0.2) is 9.00 Å². The summed E-state index contributed by atoms with van der Waals surface area (Å²) in [6, 6.07) is 20.9. The van der Waals surface area contributed by atoms with Gasteiger partial charge in [-0.15, -0.1) is 0 Å². The van der Waals surface area contributed by atoms with Crippen molar-refractivity contribution in [3.05, 3.63) is 89.0 Å². The quantitative estimate of drug-likeness (QED) is 0.491. The molecule has 1 heterocycles. The molecule has 2 unspecified atom stereocenters. The Hall–Kier alpha value is -3.12. The topological polar surface area (TPSA) is 78.4 Å². The fraction of sp³-hybridized carbons (Fsp3) is 0.240. The van der Waals surface area contributed by atoms with Gasteiger partial charge >= 0.3 is 5.97 Å². The molecule has 3 aromatic rings. The minimum atomic E-state index is -1.32. The van der Waals surface area contributed by atoms with Crippen LogP contribution < -0.4 is 10.0 Å². The first-order valence-corrected chi connectivity index (χ1v) is 11.4. The molecule has 31 heavy (non-hydrogen) atoms. The number of fused-ring (bicyclic) bond motifs is 1. The van der Waals surface area contributed by atoms with Crippen molar-refractivity contribution >= 4 is 28.3 Å². The fourth-order valence-corrected chi connectivity index (χ4v) is 4.91. The van der Waals surface area contributed by atoms with Crippen LogP contribution >= 0.6 is 0 Å². The Kier molecular flexibility index (Phi) is 5.58. The van der Waals surface area contributed by atoms with Crippen molar-refractivity contribution in [2.24, 2.45) is 5.41 Å². The van der Waals surface area contributed by atoms with Crippen molar-refractivity contribution in [1.82, 2.24) is 0 Å². The molecule has 0 bridgehead atoms. The van der Waals surface area contributed by atoms with E-state index in [2.05, 4.69) is 23.9 Å². The number of benzene rings is 3. The highest BCUT2D eigenvalue weighted by Crippen LogP contribution is 2.45. The predicted molar refractivity (Wildman–Crippen MR) is 125 cm³/mol. The van der Waals surface area contributed by atoms with Gasteiger partial charge in [0.25, 0.3) is 0 Å². The van der Waals surface area contributed by atoms with Crippen molar-refractivity contribution in [2.45, 2.75) is 38.1 Å². The molecule has 0 aliphatic carbocycles. The van der Waals surface area contributed by atoms with Gasteiger partial charge in [0.1, 0.15) is 11.0 Å². The molecule has 5 nitrogen and oxygen atoms in total. The number of aryl methyl sites for hydroxylation is 1. The third kappa shape index (κ3) is 4.49. The van der Waals surface area contributed by atoms with Crippen LogP contribution in [0.25, 0.3) is 0 Å². The van der Waals surface area contributed by atoms with E-state index < -0.39 is 17.0 Å². The van der Waals surface area contributed by atoms with Crippen molar-refractivity contribution in [3.63, 3.8) is 0 Å². The summed E-state index contributed by atoms with van der Waals surface area (Å²) in [5, 5.41) is 12.9. The predicted octanol–water partition coefficient (Wildman–Crippen LogP) is 5.56. The van der Waals surface area contributed by atoms with Gasteiger partial charge in [0, 0.05) is 11.4 Å². The lowest BCUT2D eigenvalue weighted by Gasteiger charge is -2.41. The number of carboxylic acids is 1. The third-order valence-corrected chi connectivity index (χ3v) is 6.89. The van der Waals surface area contributed by atoms with Crippen molar-refractivity contribution in [1.29, 1.82) is 0 Å². The molecule has 6 heteroatoms. The molecule has 4 rings (SSSR count). The van der Waals surface area contributed by atoms with Crippen LogP contribution in [0.15, 0.2) is 71.6 Å². The third-order valence-electron chi connectivity index (χ3n) is 5.77. The number of anilines is 2. The van der Waals surface area contributed by atoms with Crippen LogP contribution in [0.3, 0.4) is 0 Å². The number of nitrogens with one attached hydrogen (secondary N) is 2. The van der Waals surface area contributed by atoms with Crippen LogP contribution in [0, 0.1) is 12.3 Å². The first-order chi connectivity index (χ1) is 14.7. The molecule has 0 aromatic heterocycles. The van der Waals surface area contributed by atoms with Crippen molar-refractivity contribution in [3.8, 4) is 0 Å². The highest BCUT2D eigenvalue weighted by atomic mass is 32.2. The number of hydrogen-bond acceptors (Lipinski definition) is 3. The molecule has 1 aliphatic rings. The molecule has 0 amide bonds. The van der Waals surface area contributed by atoms with E-state index in [4.69, 9.17) is 0 Å². The Morgan fingerprint density at radius 1 is 1.06 bits per heavy atom.